The molecule has 0 radical (unpaired) electrons. The van der Waals surface area contributed by atoms with Crippen LogP contribution in [0.15, 0.2) is 18.2 Å². The van der Waals surface area contributed by atoms with Crippen LogP contribution in [0.2, 0.25) is 5.02 Å². The molecular formula is C14H17ClFNO3. The number of carboxylic acid groups (broad SMARTS) is 1. The van der Waals surface area contributed by atoms with Gasteiger partial charge in [0.05, 0.1) is 10.6 Å². The molecule has 4 nitrogen and oxygen atoms in total. The summed E-state index contributed by atoms with van der Waals surface area (Å²) in [6.45, 7) is 0.428. The Hall–Kier alpha value is -1.62. The number of nitrogens with one attached hydrogen (secondary N) is 1. The van der Waals surface area contributed by atoms with Gasteiger partial charge in [-0.05, 0) is 25.0 Å². The van der Waals surface area contributed by atoms with E-state index in [1.54, 1.807) is 0 Å². The zero-order valence-corrected chi connectivity index (χ0v) is 11.8. The van der Waals surface area contributed by atoms with Crippen LogP contribution in [0.5, 0.6) is 0 Å². The molecule has 1 amide bonds. The number of aliphatic carboxylic acids is 1. The Bertz CT molecular complexity index is 479. The van der Waals surface area contributed by atoms with Crippen molar-refractivity contribution in [1.29, 1.82) is 0 Å². The van der Waals surface area contributed by atoms with Crippen LogP contribution in [-0.2, 0) is 4.79 Å². The van der Waals surface area contributed by atoms with Crippen molar-refractivity contribution >= 4 is 23.5 Å². The summed E-state index contributed by atoms with van der Waals surface area (Å²) in [5, 5.41) is 11.0. The lowest BCUT2D eigenvalue weighted by Gasteiger charge is -2.06. The van der Waals surface area contributed by atoms with Gasteiger partial charge in [-0.3, -0.25) is 9.59 Å². The standard InChI is InChI=1S/C14H17ClFNO3/c15-11-7-5-6-10(13(11)16)14(20)17-9-4-2-1-3-8-12(18)19/h5-7H,1-4,8-9H2,(H,17,20)(H,18,19). The first-order valence-electron chi connectivity index (χ1n) is 6.46. The Labute approximate surface area is 121 Å². The summed E-state index contributed by atoms with van der Waals surface area (Å²) in [6, 6.07) is 4.28. The predicted octanol–water partition coefficient (Wildman–Crippen LogP) is 3.24. The average molecular weight is 302 g/mol. The van der Waals surface area contributed by atoms with Crippen LogP contribution in [-0.4, -0.2) is 23.5 Å². The van der Waals surface area contributed by atoms with Gasteiger partial charge in [0.25, 0.3) is 5.91 Å². The molecule has 20 heavy (non-hydrogen) atoms. The van der Waals surface area contributed by atoms with E-state index in [1.165, 1.54) is 18.2 Å². The molecule has 6 heteroatoms. The lowest BCUT2D eigenvalue weighted by molar-refractivity contribution is -0.137. The number of carboxylic acids is 1. The van der Waals surface area contributed by atoms with Gasteiger partial charge in [-0.25, -0.2) is 4.39 Å². The molecule has 110 valence electrons. The van der Waals surface area contributed by atoms with Crippen LogP contribution in [0.1, 0.15) is 42.5 Å². The van der Waals surface area contributed by atoms with E-state index in [2.05, 4.69) is 5.32 Å². The number of unbranched alkanes of at least 4 members (excludes halogenated alkanes) is 3. The molecule has 1 aromatic carbocycles. The van der Waals surface area contributed by atoms with Gasteiger partial charge in [-0.15, -0.1) is 0 Å². The van der Waals surface area contributed by atoms with E-state index < -0.39 is 17.7 Å². The predicted molar refractivity (Wildman–Crippen MR) is 74.5 cm³/mol. The molecule has 2 N–H and O–H groups in total. The molecule has 0 saturated carbocycles. The molecule has 0 aromatic heterocycles. The van der Waals surface area contributed by atoms with E-state index in [1.807, 2.05) is 0 Å². The summed E-state index contributed by atoms with van der Waals surface area (Å²) >= 11 is 5.60. The molecular weight excluding hydrogens is 285 g/mol. The summed E-state index contributed by atoms with van der Waals surface area (Å²) in [5.41, 5.74) is -0.0663. The van der Waals surface area contributed by atoms with E-state index >= 15 is 0 Å². The number of rotatable bonds is 8. The van der Waals surface area contributed by atoms with Gasteiger partial charge in [0, 0.05) is 13.0 Å². The van der Waals surface area contributed by atoms with Crippen LogP contribution in [0, 0.1) is 5.82 Å². The summed E-state index contributed by atoms with van der Waals surface area (Å²) in [5.74, 6) is -2.00. The molecule has 0 aliphatic rings. The van der Waals surface area contributed by atoms with Crippen molar-refractivity contribution in [1.82, 2.24) is 5.32 Å². The largest absolute Gasteiger partial charge is 0.481 e. The van der Waals surface area contributed by atoms with Crippen molar-refractivity contribution in [2.24, 2.45) is 0 Å². The first-order chi connectivity index (χ1) is 9.52. The number of carbonyl (C=O) groups is 2. The minimum Gasteiger partial charge on any atom is -0.481 e. The monoisotopic (exact) mass is 301 g/mol. The maximum Gasteiger partial charge on any atom is 0.303 e. The normalized spacial score (nSPS) is 10.3. The molecule has 0 aliphatic heterocycles. The molecule has 1 aromatic rings. The smallest absolute Gasteiger partial charge is 0.303 e. The maximum absolute atomic E-state index is 13.6. The molecule has 0 bridgehead atoms. The maximum atomic E-state index is 13.6. The Kier molecular flexibility index (Phi) is 7.01. The quantitative estimate of drug-likeness (QED) is 0.724. The molecule has 0 spiro atoms. The molecule has 0 unspecified atom stereocenters. The zero-order chi connectivity index (χ0) is 15.0. The van der Waals surface area contributed by atoms with Gasteiger partial charge >= 0.3 is 5.97 Å². The first-order valence-corrected chi connectivity index (χ1v) is 6.84. The van der Waals surface area contributed by atoms with E-state index in [-0.39, 0.29) is 17.0 Å². The second-order valence-corrected chi connectivity index (χ2v) is 4.82. The Balaban J connectivity index is 2.24. The van der Waals surface area contributed by atoms with Crippen LogP contribution in [0.3, 0.4) is 0 Å². The average Bonchev–Trinajstić information content (AvgIpc) is 2.40. The minimum atomic E-state index is -0.797. The van der Waals surface area contributed by atoms with Crippen molar-refractivity contribution in [3.63, 3.8) is 0 Å². The highest BCUT2D eigenvalue weighted by Crippen LogP contribution is 2.17. The lowest BCUT2D eigenvalue weighted by atomic mass is 10.1. The van der Waals surface area contributed by atoms with Gasteiger partial charge in [-0.2, -0.15) is 0 Å². The third-order valence-corrected chi connectivity index (χ3v) is 3.09. The van der Waals surface area contributed by atoms with Gasteiger partial charge in [0.1, 0.15) is 0 Å². The summed E-state index contributed by atoms with van der Waals surface area (Å²) in [7, 11) is 0. The van der Waals surface area contributed by atoms with Crippen LogP contribution in [0.4, 0.5) is 4.39 Å². The number of hydrogen-bond donors (Lipinski definition) is 2. The number of halogens is 2. The van der Waals surface area contributed by atoms with E-state index in [4.69, 9.17) is 16.7 Å². The Morgan fingerprint density at radius 3 is 2.60 bits per heavy atom. The van der Waals surface area contributed by atoms with E-state index in [0.29, 0.717) is 13.0 Å². The van der Waals surface area contributed by atoms with E-state index in [0.717, 1.165) is 19.3 Å². The highest BCUT2D eigenvalue weighted by atomic mass is 35.5. The fraction of sp³-hybridized carbons (Fsp3) is 0.429. The molecule has 0 atom stereocenters. The summed E-state index contributed by atoms with van der Waals surface area (Å²) in [4.78, 5) is 22.0. The zero-order valence-electron chi connectivity index (χ0n) is 11.0. The minimum absolute atomic E-state index is 0.0663. The molecule has 0 fully saturated rings. The Morgan fingerprint density at radius 2 is 1.90 bits per heavy atom. The van der Waals surface area contributed by atoms with Crippen molar-refractivity contribution in [3.05, 3.63) is 34.6 Å². The molecule has 0 saturated heterocycles. The number of carbonyl (C=O) groups excluding carboxylic acids is 1. The topological polar surface area (TPSA) is 66.4 Å². The number of benzene rings is 1. The number of amides is 1. The SMILES string of the molecule is O=C(O)CCCCCCNC(=O)c1cccc(Cl)c1F. The van der Waals surface area contributed by atoms with Crippen LogP contribution < -0.4 is 5.32 Å². The van der Waals surface area contributed by atoms with Gasteiger partial charge in [-0.1, -0.05) is 30.5 Å². The fourth-order valence-corrected chi connectivity index (χ4v) is 1.91. The summed E-state index contributed by atoms with van der Waals surface area (Å²) in [6.07, 6.45) is 3.15. The van der Waals surface area contributed by atoms with Crippen molar-refractivity contribution in [3.8, 4) is 0 Å². The van der Waals surface area contributed by atoms with Gasteiger partial charge in [0.2, 0.25) is 0 Å². The van der Waals surface area contributed by atoms with Crippen molar-refractivity contribution in [2.45, 2.75) is 32.1 Å². The molecule has 0 heterocycles. The third kappa shape index (κ3) is 5.57. The summed E-state index contributed by atoms with van der Waals surface area (Å²) < 4.78 is 13.6. The highest BCUT2D eigenvalue weighted by Gasteiger charge is 2.13. The van der Waals surface area contributed by atoms with E-state index in [9.17, 15) is 14.0 Å². The molecule has 0 aliphatic carbocycles. The second kappa shape index (κ2) is 8.53. The Morgan fingerprint density at radius 1 is 1.20 bits per heavy atom. The lowest BCUT2D eigenvalue weighted by Crippen LogP contribution is -2.25. The van der Waals surface area contributed by atoms with Gasteiger partial charge < -0.3 is 10.4 Å². The van der Waals surface area contributed by atoms with Crippen LogP contribution in [0.25, 0.3) is 0 Å². The fourth-order valence-electron chi connectivity index (χ4n) is 1.73. The number of hydrogen-bond acceptors (Lipinski definition) is 2. The second-order valence-electron chi connectivity index (χ2n) is 4.42. The molecule has 1 rings (SSSR count). The van der Waals surface area contributed by atoms with Crippen LogP contribution >= 0.6 is 11.6 Å². The first kappa shape index (κ1) is 16.4. The highest BCUT2D eigenvalue weighted by molar-refractivity contribution is 6.31. The van der Waals surface area contributed by atoms with Gasteiger partial charge in [0.15, 0.2) is 5.82 Å². The van der Waals surface area contributed by atoms with Crippen molar-refractivity contribution in [2.75, 3.05) is 6.54 Å². The van der Waals surface area contributed by atoms with Crippen molar-refractivity contribution < 1.29 is 19.1 Å². The third-order valence-electron chi connectivity index (χ3n) is 2.80.